The number of hydrogen-bond acceptors (Lipinski definition) is 2. The van der Waals surface area contributed by atoms with E-state index in [1.807, 2.05) is 6.26 Å². The minimum Gasteiger partial charge on any atom is -0.289 e. The Labute approximate surface area is 89.7 Å². The van der Waals surface area contributed by atoms with Crippen molar-refractivity contribution in [3.05, 3.63) is 29.8 Å². The molecule has 0 N–H and O–H groups in total. The Morgan fingerprint density at radius 3 is 2.20 bits per heavy atom. The summed E-state index contributed by atoms with van der Waals surface area (Å²) in [5.74, 6) is -1.71. The Bertz CT molecular complexity index is 343. The number of hydrogen-bond donors (Lipinski definition) is 0. The van der Waals surface area contributed by atoms with Crippen LogP contribution in [0.1, 0.15) is 5.56 Å². The van der Waals surface area contributed by atoms with Gasteiger partial charge in [-0.15, -0.1) is 11.8 Å². The van der Waals surface area contributed by atoms with E-state index in [0.29, 0.717) is 5.56 Å². The maximum atomic E-state index is 11.9. The molecule has 0 bridgehead atoms. The van der Waals surface area contributed by atoms with Crippen LogP contribution in [0.15, 0.2) is 29.2 Å². The Kier molecular flexibility index (Phi) is 3.79. The van der Waals surface area contributed by atoms with E-state index in [9.17, 15) is 18.0 Å². The summed E-state index contributed by atoms with van der Waals surface area (Å²) in [6, 6.07) is 6.47. The van der Waals surface area contributed by atoms with E-state index in [4.69, 9.17) is 0 Å². The van der Waals surface area contributed by atoms with Gasteiger partial charge in [-0.1, -0.05) is 12.1 Å². The molecule has 0 unspecified atom stereocenters. The van der Waals surface area contributed by atoms with Crippen molar-refractivity contribution in [2.45, 2.75) is 17.5 Å². The molecule has 15 heavy (non-hydrogen) atoms. The van der Waals surface area contributed by atoms with E-state index in [-0.39, 0.29) is 0 Å². The highest BCUT2D eigenvalue weighted by Crippen LogP contribution is 2.20. The van der Waals surface area contributed by atoms with Gasteiger partial charge in [0.2, 0.25) is 5.78 Å². The van der Waals surface area contributed by atoms with E-state index in [0.717, 1.165) is 4.90 Å². The van der Waals surface area contributed by atoms with Crippen LogP contribution in [-0.2, 0) is 11.2 Å². The third kappa shape index (κ3) is 3.58. The molecule has 0 radical (unpaired) electrons. The summed E-state index contributed by atoms with van der Waals surface area (Å²) < 4.78 is 35.8. The van der Waals surface area contributed by atoms with Crippen molar-refractivity contribution in [3.63, 3.8) is 0 Å². The monoisotopic (exact) mass is 234 g/mol. The van der Waals surface area contributed by atoms with Crippen LogP contribution in [0, 0.1) is 0 Å². The van der Waals surface area contributed by atoms with Gasteiger partial charge in [-0.05, 0) is 24.0 Å². The number of ketones is 1. The largest absolute Gasteiger partial charge is 0.450 e. The van der Waals surface area contributed by atoms with Gasteiger partial charge in [0.25, 0.3) is 0 Å². The molecule has 0 aliphatic carbocycles. The number of rotatable bonds is 3. The minimum absolute atomic E-state index is 0.384. The topological polar surface area (TPSA) is 17.1 Å². The molecule has 0 saturated heterocycles. The molecule has 1 aromatic carbocycles. The van der Waals surface area contributed by atoms with Gasteiger partial charge in [-0.3, -0.25) is 4.79 Å². The molecule has 1 rings (SSSR count). The molecule has 0 atom stereocenters. The predicted octanol–water partition coefficient (Wildman–Crippen LogP) is 3.08. The second-order valence-corrected chi connectivity index (χ2v) is 3.83. The smallest absolute Gasteiger partial charge is 0.289 e. The molecule has 0 amide bonds. The SMILES string of the molecule is CSc1ccc(CC(=O)C(F)(F)F)cc1. The predicted molar refractivity (Wildman–Crippen MR) is 53.0 cm³/mol. The molecule has 1 aromatic rings. The standard InChI is InChI=1S/C10H9F3OS/c1-15-8-4-2-7(3-5-8)6-9(14)10(11,12)13/h2-5H,6H2,1H3. The summed E-state index contributed by atoms with van der Waals surface area (Å²) in [7, 11) is 0. The highest BCUT2D eigenvalue weighted by molar-refractivity contribution is 7.98. The van der Waals surface area contributed by atoms with E-state index in [1.54, 1.807) is 12.1 Å². The first-order chi connectivity index (χ1) is 6.93. The lowest BCUT2D eigenvalue weighted by atomic mass is 10.1. The third-order valence-corrected chi connectivity index (χ3v) is 2.58. The summed E-state index contributed by atoms with van der Waals surface area (Å²) >= 11 is 1.49. The maximum absolute atomic E-state index is 11.9. The van der Waals surface area contributed by atoms with Crippen molar-refractivity contribution in [2.75, 3.05) is 6.26 Å². The molecular weight excluding hydrogens is 225 g/mol. The Morgan fingerprint density at radius 2 is 1.80 bits per heavy atom. The van der Waals surface area contributed by atoms with Gasteiger partial charge in [0.15, 0.2) is 0 Å². The molecule has 0 saturated carbocycles. The third-order valence-electron chi connectivity index (χ3n) is 1.84. The molecular formula is C10H9F3OS. The van der Waals surface area contributed by atoms with Crippen LogP contribution < -0.4 is 0 Å². The van der Waals surface area contributed by atoms with Crippen molar-refractivity contribution in [1.82, 2.24) is 0 Å². The normalized spacial score (nSPS) is 11.5. The zero-order chi connectivity index (χ0) is 11.5. The number of carbonyl (C=O) groups is 1. The Morgan fingerprint density at radius 1 is 1.27 bits per heavy atom. The molecule has 0 fully saturated rings. The lowest BCUT2D eigenvalue weighted by Crippen LogP contribution is -2.24. The fraction of sp³-hybridized carbons (Fsp3) is 0.300. The number of thioether (sulfide) groups is 1. The van der Waals surface area contributed by atoms with E-state index in [2.05, 4.69) is 0 Å². The van der Waals surface area contributed by atoms with Gasteiger partial charge in [0, 0.05) is 11.3 Å². The summed E-state index contributed by atoms with van der Waals surface area (Å²) in [5.41, 5.74) is 0.384. The first-order valence-corrected chi connectivity index (χ1v) is 5.39. The second-order valence-electron chi connectivity index (χ2n) is 2.95. The first kappa shape index (κ1) is 12.1. The number of carbonyl (C=O) groups excluding carboxylic acids is 1. The van der Waals surface area contributed by atoms with Crippen molar-refractivity contribution in [3.8, 4) is 0 Å². The molecule has 1 nitrogen and oxygen atoms in total. The van der Waals surface area contributed by atoms with Crippen LogP contribution in [0.5, 0.6) is 0 Å². The van der Waals surface area contributed by atoms with E-state index >= 15 is 0 Å². The summed E-state index contributed by atoms with van der Waals surface area (Å²) in [5, 5.41) is 0. The first-order valence-electron chi connectivity index (χ1n) is 4.16. The number of benzene rings is 1. The van der Waals surface area contributed by atoms with Gasteiger partial charge in [-0.25, -0.2) is 0 Å². The highest BCUT2D eigenvalue weighted by atomic mass is 32.2. The van der Waals surface area contributed by atoms with Crippen LogP contribution in [0.2, 0.25) is 0 Å². The summed E-state index contributed by atoms with van der Waals surface area (Å²) in [6.45, 7) is 0. The van der Waals surface area contributed by atoms with Gasteiger partial charge in [-0.2, -0.15) is 13.2 Å². The van der Waals surface area contributed by atoms with Crippen LogP contribution >= 0.6 is 11.8 Å². The Balaban J connectivity index is 2.70. The number of alkyl halides is 3. The summed E-state index contributed by atoms with van der Waals surface area (Å²) in [4.78, 5) is 11.6. The van der Waals surface area contributed by atoms with Crippen molar-refractivity contribution in [1.29, 1.82) is 0 Å². The van der Waals surface area contributed by atoms with Crippen LogP contribution in [0.25, 0.3) is 0 Å². The van der Waals surface area contributed by atoms with E-state index < -0.39 is 18.4 Å². The summed E-state index contributed by atoms with van der Waals surface area (Å²) in [6.07, 6.45) is -3.45. The second kappa shape index (κ2) is 4.70. The maximum Gasteiger partial charge on any atom is 0.450 e. The van der Waals surface area contributed by atoms with Crippen molar-refractivity contribution >= 4 is 17.5 Å². The van der Waals surface area contributed by atoms with E-state index in [1.165, 1.54) is 23.9 Å². The van der Waals surface area contributed by atoms with Gasteiger partial charge in [0.05, 0.1) is 0 Å². The van der Waals surface area contributed by atoms with Gasteiger partial charge < -0.3 is 0 Å². The zero-order valence-corrected chi connectivity index (χ0v) is 8.78. The van der Waals surface area contributed by atoms with Crippen molar-refractivity contribution in [2.24, 2.45) is 0 Å². The lowest BCUT2D eigenvalue weighted by molar-refractivity contribution is -0.170. The molecule has 0 spiro atoms. The average Bonchev–Trinajstić information content (AvgIpc) is 2.17. The number of Topliss-reactive ketones (excluding diaryl/α,β-unsaturated/α-hetero) is 1. The highest BCUT2D eigenvalue weighted by Gasteiger charge is 2.37. The zero-order valence-electron chi connectivity index (χ0n) is 7.97. The van der Waals surface area contributed by atoms with Crippen LogP contribution in [0.3, 0.4) is 0 Å². The number of halogens is 3. The average molecular weight is 234 g/mol. The lowest BCUT2D eigenvalue weighted by Gasteiger charge is -2.05. The Hall–Kier alpha value is -0.970. The van der Waals surface area contributed by atoms with Gasteiger partial charge >= 0.3 is 6.18 Å². The molecule has 0 heterocycles. The van der Waals surface area contributed by atoms with Crippen LogP contribution in [-0.4, -0.2) is 18.2 Å². The molecule has 0 aromatic heterocycles. The molecule has 82 valence electrons. The molecule has 5 heteroatoms. The minimum atomic E-state index is -4.74. The van der Waals surface area contributed by atoms with Crippen LogP contribution in [0.4, 0.5) is 13.2 Å². The molecule has 0 aliphatic rings. The quantitative estimate of drug-likeness (QED) is 0.747. The fourth-order valence-corrected chi connectivity index (χ4v) is 1.44. The fourth-order valence-electron chi connectivity index (χ4n) is 1.03. The molecule has 0 aliphatic heterocycles. The van der Waals surface area contributed by atoms with Gasteiger partial charge in [0.1, 0.15) is 0 Å². The van der Waals surface area contributed by atoms with Crippen molar-refractivity contribution < 1.29 is 18.0 Å².